The van der Waals surface area contributed by atoms with E-state index < -0.39 is 0 Å². The fraction of sp³-hybridized carbons (Fsp3) is 0.500. The molecule has 0 amide bonds. The molecule has 0 aliphatic carbocycles. The Balaban J connectivity index is 1.86. The molecule has 1 fully saturated rings. The maximum atomic E-state index is 5.66. The van der Waals surface area contributed by atoms with Crippen LogP contribution in [-0.4, -0.2) is 54.3 Å². The molecule has 0 saturated carbocycles. The van der Waals surface area contributed by atoms with Crippen LogP contribution < -0.4 is 4.74 Å². The number of ether oxygens (including phenoxy) is 2. The summed E-state index contributed by atoms with van der Waals surface area (Å²) in [7, 11) is 0. The van der Waals surface area contributed by atoms with Crippen LogP contribution in [0.25, 0.3) is 0 Å². The smallest absolute Gasteiger partial charge is 0.188 e. The fourth-order valence-electron chi connectivity index (χ4n) is 1.72. The molecule has 19 heavy (non-hydrogen) atoms. The van der Waals surface area contributed by atoms with Crippen molar-refractivity contribution in [2.45, 2.75) is 6.92 Å². The number of H-pyrrole nitrogens is 1. The zero-order valence-electron chi connectivity index (χ0n) is 11.2. The van der Waals surface area contributed by atoms with Crippen LogP contribution in [0.1, 0.15) is 5.82 Å². The fourth-order valence-corrected chi connectivity index (χ4v) is 1.72. The van der Waals surface area contributed by atoms with Crippen molar-refractivity contribution >= 4 is 0 Å². The summed E-state index contributed by atoms with van der Waals surface area (Å²) in [6.07, 6.45) is 3.41. The molecule has 1 N–H and O–H groups in total. The van der Waals surface area contributed by atoms with Gasteiger partial charge in [-0.25, -0.2) is 4.98 Å². The second-order valence-corrected chi connectivity index (χ2v) is 4.26. The van der Waals surface area contributed by atoms with Gasteiger partial charge in [-0.2, -0.15) is 0 Å². The predicted molar refractivity (Wildman–Crippen MR) is 71.4 cm³/mol. The van der Waals surface area contributed by atoms with E-state index in [9.17, 15) is 0 Å². The Bertz CT molecular complexity index is 426. The number of aryl methyl sites for hydroxylation is 1. The minimum Gasteiger partial charge on any atom is -0.483 e. The van der Waals surface area contributed by atoms with Crippen LogP contribution in [0.4, 0.5) is 0 Å². The van der Waals surface area contributed by atoms with Gasteiger partial charge in [-0.05, 0) is 13.0 Å². The molecule has 1 saturated heterocycles. The Morgan fingerprint density at radius 2 is 2.32 bits per heavy atom. The van der Waals surface area contributed by atoms with E-state index in [4.69, 9.17) is 9.47 Å². The molecule has 0 atom stereocenters. The second-order valence-electron chi connectivity index (χ2n) is 4.26. The highest BCUT2D eigenvalue weighted by molar-refractivity contribution is 5.07. The van der Waals surface area contributed by atoms with Crippen molar-refractivity contribution < 1.29 is 9.47 Å². The number of nitrogens with zero attached hydrogens (tertiary/aromatic N) is 2. The third-order valence-corrected chi connectivity index (χ3v) is 2.80. The van der Waals surface area contributed by atoms with Crippen LogP contribution in [0.3, 0.4) is 0 Å². The molecule has 0 spiro atoms. The van der Waals surface area contributed by atoms with Gasteiger partial charge in [-0.1, -0.05) is 6.07 Å². The van der Waals surface area contributed by atoms with Crippen molar-refractivity contribution in [2.75, 3.05) is 39.5 Å². The zero-order chi connectivity index (χ0) is 13.3. The summed E-state index contributed by atoms with van der Waals surface area (Å²) in [6.45, 7) is 6.95. The summed E-state index contributed by atoms with van der Waals surface area (Å²) in [5.41, 5.74) is 0. The lowest BCUT2D eigenvalue weighted by atomic mass is 10.4. The van der Waals surface area contributed by atoms with Crippen molar-refractivity contribution in [2.24, 2.45) is 0 Å². The zero-order valence-corrected chi connectivity index (χ0v) is 11.2. The minimum atomic E-state index is 0.598. The molecule has 5 heteroatoms. The topological polar surface area (TPSA) is 50.4 Å². The van der Waals surface area contributed by atoms with Crippen molar-refractivity contribution in [3.8, 4) is 5.75 Å². The molecule has 1 aromatic rings. The normalized spacial score (nSPS) is 15.4. The molecule has 0 bridgehead atoms. The minimum absolute atomic E-state index is 0.598. The molecule has 1 aliphatic rings. The highest BCUT2D eigenvalue weighted by Crippen LogP contribution is 2.02. The van der Waals surface area contributed by atoms with E-state index in [0.29, 0.717) is 12.4 Å². The van der Waals surface area contributed by atoms with E-state index in [1.54, 1.807) is 18.5 Å². The Morgan fingerprint density at radius 1 is 1.47 bits per heavy atom. The summed E-state index contributed by atoms with van der Waals surface area (Å²) in [5, 5.41) is 0. The van der Waals surface area contributed by atoms with Crippen molar-refractivity contribution in [1.82, 2.24) is 14.9 Å². The molecule has 2 heterocycles. The standard InChI is InChI=1S/C14H19N3O2/c1-13-15-5-3-2-4-14(12-16-13)19-11-8-17-6-9-18-10-7-17/h3,5,12H,6-11H2,1H3,(H,15,16). The second kappa shape index (κ2) is 7.62. The molecule has 0 aromatic carbocycles. The highest BCUT2D eigenvalue weighted by atomic mass is 16.5. The van der Waals surface area contributed by atoms with Gasteiger partial charge in [0.15, 0.2) is 5.75 Å². The van der Waals surface area contributed by atoms with E-state index in [-0.39, 0.29) is 0 Å². The number of hydrogen-bond donors (Lipinski definition) is 1. The number of aromatic amines is 1. The largest absolute Gasteiger partial charge is 0.483 e. The summed E-state index contributed by atoms with van der Waals surface area (Å²) >= 11 is 0. The number of hydrogen-bond acceptors (Lipinski definition) is 4. The molecule has 0 radical (unpaired) electrons. The molecule has 2 rings (SSSR count). The first-order valence-corrected chi connectivity index (χ1v) is 6.45. The molecule has 1 aromatic heterocycles. The van der Waals surface area contributed by atoms with Gasteiger partial charge in [0.25, 0.3) is 0 Å². The van der Waals surface area contributed by atoms with E-state index in [2.05, 4.69) is 27.0 Å². The third-order valence-electron chi connectivity index (χ3n) is 2.80. The molecule has 102 valence electrons. The summed E-state index contributed by atoms with van der Waals surface area (Å²) < 4.78 is 11.0. The third kappa shape index (κ3) is 5.16. The van der Waals surface area contributed by atoms with Crippen LogP contribution in [0, 0.1) is 19.1 Å². The van der Waals surface area contributed by atoms with Crippen LogP contribution in [0.5, 0.6) is 5.75 Å². The first-order valence-electron chi connectivity index (χ1n) is 6.45. The van der Waals surface area contributed by atoms with Crippen LogP contribution in [-0.2, 0) is 4.74 Å². The Hall–Kier alpha value is -1.77. The highest BCUT2D eigenvalue weighted by Gasteiger charge is 2.09. The van der Waals surface area contributed by atoms with Gasteiger partial charge in [0, 0.05) is 31.9 Å². The van der Waals surface area contributed by atoms with Gasteiger partial charge < -0.3 is 14.5 Å². The van der Waals surface area contributed by atoms with Crippen molar-refractivity contribution in [1.29, 1.82) is 0 Å². The summed E-state index contributed by atoms with van der Waals surface area (Å²) in [5.74, 6) is 1.40. The Kier molecular flexibility index (Phi) is 5.48. The van der Waals surface area contributed by atoms with Crippen LogP contribution >= 0.6 is 0 Å². The lowest BCUT2D eigenvalue weighted by molar-refractivity contribution is 0.0322. The van der Waals surface area contributed by atoms with Gasteiger partial charge in [0.2, 0.25) is 0 Å². The average Bonchev–Trinajstić information content (AvgIpc) is 2.53. The summed E-state index contributed by atoms with van der Waals surface area (Å²) in [6, 6.07) is 7.56. The number of nitrogens with one attached hydrogen (secondary N) is 1. The van der Waals surface area contributed by atoms with Crippen LogP contribution in [0.15, 0.2) is 18.5 Å². The first-order chi connectivity index (χ1) is 9.34. The predicted octanol–water partition coefficient (Wildman–Crippen LogP) is 1.15. The maximum Gasteiger partial charge on any atom is 0.188 e. The SMILES string of the molecule is Cc1ncc(OCCN2CCOCC2)c#ccc[nH]1. The van der Waals surface area contributed by atoms with E-state index in [0.717, 1.165) is 38.7 Å². The lowest BCUT2D eigenvalue weighted by Gasteiger charge is -2.26. The average molecular weight is 261 g/mol. The van der Waals surface area contributed by atoms with E-state index >= 15 is 0 Å². The molecular formula is C14H19N3O2. The van der Waals surface area contributed by atoms with Gasteiger partial charge in [-0.15, -0.1) is 0 Å². The van der Waals surface area contributed by atoms with Crippen LogP contribution in [0.2, 0.25) is 0 Å². The molecule has 1 aliphatic heterocycles. The maximum absolute atomic E-state index is 5.66. The van der Waals surface area contributed by atoms with Crippen molar-refractivity contribution in [3.05, 3.63) is 36.4 Å². The Morgan fingerprint density at radius 3 is 3.16 bits per heavy atom. The summed E-state index contributed by atoms with van der Waals surface area (Å²) in [4.78, 5) is 9.54. The van der Waals surface area contributed by atoms with Gasteiger partial charge in [-0.3, -0.25) is 4.90 Å². The number of rotatable bonds is 4. The number of morpholine rings is 1. The molecular weight excluding hydrogens is 242 g/mol. The lowest BCUT2D eigenvalue weighted by Crippen LogP contribution is -2.38. The Labute approximate surface area is 113 Å². The first kappa shape index (κ1) is 13.7. The van der Waals surface area contributed by atoms with Gasteiger partial charge in [0.1, 0.15) is 12.4 Å². The van der Waals surface area contributed by atoms with Gasteiger partial charge in [0.05, 0.1) is 19.4 Å². The molecule has 5 nitrogen and oxygen atoms in total. The monoisotopic (exact) mass is 261 g/mol. The number of aromatic nitrogens is 2. The quantitative estimate of drug-likeness (QED) is 0.883. The van der Waals surface area contributed by atoms with E-state index in [1.165, 1.54) is 0 Å². The van der Waals surface area contributed by atoms with Crippen molar-refractivity contribution in [3.63, 3.8) is 0 Å². The van der Waals surface area contributed by atoms with Gasteiger partial charge >= 0.3 is 0 Å². The molecule has 0 unspecified atom stereocenters. The van der Waals surface area contributed by atoms with E-state index in [1.807, 2.05) is 6.92 Å².